The minimum atomic E-state index is -0.439. The van der Waals surface area contributed by atoms with Crippen molar-refractivity contribution in [3.8, 4) is 0 Å². The molecule has 2 saturated heterocycles. The van der Waals surface area contributed by atoms with Crippen LogP contribution >= 0.6 is 12.4 Å². The van der Waals surface area contributed by atoms with Crippen LogP contribution in [-0.4, -0.2) is 44.4 Å². The van der Waals surface area contributed by atoms with Crippen LogP contribution < -0.4 is 11.1 Å². The van der Waals surface area contributed by atoms with E-state index in [0.29, 0.717) is 32.6 Å². The van der Waals surface area contributed by atoms with E-state index in [4.69, 9.17) is 15.2 Å². The molecule has 1 amide bonds. The van der Waals surface area contributed by atoms with Gasteiger partial charge in [-0.05, 0) is 32.6 Å². The maximum absolute atomic E-state index is 12.4. The zero-order valence-corrected chi connectivity index (χ0v) is 12.3. The second kappa shape index (κ2) is 7.43. The molecule has 5 nitrogen and oxygen atoms in total. The fraction of sp³-hybridized carbons (Fsp3) is 0.923. The fourth-order valence-corrected chi connectivity index (χ4v) is 2.74. The Labute approximate surface area is 121 Å². The van der Waals surface area contributed by atoms with E-state index in [0.717, 1.165) is 19.4 Å². The number of rotatable bonds is 4. The Morgan fingerprint density at radius 3 is 2.63 bits per heavy atom. The van der Waals surface area contributed by atoms with Gasteiger partial charge in [-0.1, -0.05) is 0 Å². The number of hydrogen-bond donors (Lipinski definition) is 2. The molecular weight excluding hydrogens is 268 g/mol. The normalized spacial score (nSPS) is 27.4. The molecule has 2 fully saturated rings. The standard InChI is InChI=1S/C13H24N2O3.ClH/c1-10(11-3-2-6-18-11)15-12(16)13(9-14)4-7-17-8-5-13;/h10-11H,2-9,14H2,1H3,(H,15,16);1H. The number of amides is 1. The number of nitrogens with two attached hydrogens (primary N) is 1. The zero-order valence-electron chi connectivity index (χ0n) is 11.5. The first kappa shape index (κ1) is 16.7. The van der Waals surface area contributed by atoms with Gasteiger partial charge in [0.2, 0.25) is 5.91 Å². The molecule has 2 aliphatic heterocycles. The van der Waals surface area contributed by atoms with E-state index in [2.05, 4.69) is 5.32 Å². The van der Waals surface area contributed by atoms with Crippen LogP contribution in [0.4, 0.5) is 0 Å². The summed E-state index contributed by atoms with van der Waals surface area (Å²) in [5, 5.41) is 3.08. The molecule has 19 heavy (non-hydrogen) atoms. The first-order valence-corrected chi connectivity index (χ1v) is 6.88. The van der Waals surface area contributed by atoms with Gasteiger partial charge >= 0.3 is 0 Å². The van der Waals surface area contributed by atoms with Crippen LogP contribution in [0.1, 0.15) is 32.6 Å². The number of carbonyl (C=O) groups excluding carboxylic acids is 1. The van der Waals surface area contributed by atoms with Gasteiger partial charge in [0.25, 0.3) is 0 Å². The van der Waals surface area contributed by atoms with E-state index in [1.807, 2.05) is 6.92 Å². The van der Waals surface area contributed by atoms with Crippen molar-refractivity contribution in [2.75, 3.05) is 26.4 Å². The number of hydrogen-bond acceptors (Lipinski definition) is 4. The molecule has 2 atom stereocenters. The molecular formula is C13H25ClN2O3. The Bertz CT molecular complexity index is 290. The molecule has 2 unspecified atom stereocenters. The molecule has 0 bridgehead atoms. The summed E-state index contributed by atoms with van der Waals surface area (Å²) in [5.74, 6) is 0.0660. The highest BCUT2D eigenvalue weighted by Gasteiger charge is 2.40. The summed E-state index contributed by atoms with van der Waals surface area (Å²) in [6.07, 6.45) is 3.70. The minimum Gasteiger partial charge on any atom is -0.381 e. The Kier molecular flexibility index (Phi) is 6.53. The number of carbonyl (C=O) groups is 1. The third-order valence-corrected chi connectivity index (χ3v) is 4.20. The summed E-state index contributed by atoms with van der Waals surface area (Å²) >= 11 is 0. The van der Waals surface area contributed by atoms with Crippen LogP contribution in [0.5, 0.6) is 0 Å². The zero-order chi connectivity index (χ0) is 13.0. The topological polar surface area (TPSA) is 73.6 Å². The SMILES string of the molecule is CC(NC(=O)C1(CN)CCOCC1)C1CCCO1.Cl. The number of nitrogens with one attached hydrogen (secondary N) is 1. The minimum absolute atomic E-state index is 0. The highest BCUT2D eigenvalue weighted by atomic mass is 35.5. The maximum Gasteiger partial charge on any atom is 0.227 e. The summed E-state index contributed by atoms with van der Waals surface area (Å²) < 4.78 is 10.9. The van der Waals surface area contributed by atoms with Gasteiger partial charge in [0, 0.05) is 26.4 Å². The van der Waals surface area contributed by atoms with Crippen molar-refractivity contribution in [3.63, 3.8) is 0 Å². The third kappa shape index (κ3) is 3.81. The van der Waals surface area contributed by atoms with E-state index < -0.39 is 5.41 Å². The van der Waals surface area contributed by atoms with Crippen LogP contribution in [0.15, 0.2) is 0 Å². The molecule has 0 radical (unpaired) electrons. The number of halogens is 1. The van der Waals surface area contributed by atoms with Crippen LogP contribution in [-0.2, 0) is 14.3 Å². The summed E-state index contributed by atoms with van der Waals surface area (Å²) in [6, 6.07) is 0.0614. The van der Waals surface area contributed by atoms with Crippen molar-refractivity contribution < 1.29 is 14.3 Å². The predicted octanol–water partition coefficient (Wildman–Crippen LogP) is 0.847. The molecule has 2 heterocycles. The lowest BCUT2D eigenvalue weighted by atomic mass is 9.79. The molecule has 0 aromatic rings. The summed E-state index contributed by atoms with van der Waals surface area (Å²) in [5.41, 5.74) is 5.38. The summed E-state index contributed by atoms with van der Waals surface area (Å²) in [6.45, 7) is 4.45. The van der Waals surface area contributed by atoms with Crippen molar-refractivity contribution in [2.24, 2.45) is 11.1 Å². The smallest absolute Gasteiger partial charge is 0.227 e. The monoisotopic (exact) mass is 292 g/mol. The van der Waals surface area contributed by atoms with Gasteiger partial charge in [0.15, 0.2) is 0 Å². The Morgan fingerprint density at radius 1 is 1.42 bits per heavy atom. The van der Waals surface area contributed by atoms with E-state index in [1.165, 1.54) is 0 Å². The molecule has 6 heteroatoms. The van der Waals surface area contributed by atoms with E-state index in [9.17, 15) is 4.79 Å². The van der Waals surface area contributed by atoms with E-state index in [1.54, 1.807) is 0 Å². The van der Waals surface area contributed by atoms with Crippen molar-refractivity contribution in [1.82, 2.24) is 5.32 Å². The molecule has 0 saturated carbocycles. The van der Waals surface area contributed by atoms with E-state index >= 15 is 0 Å². The fourth-order valence-electron chi connectivity index (χ4n) is 2.74. The van der Waals surface area contributed by atoms with Crippen LogP contribution in [0.3, 0.4) is 0 Å². The molecule has 2 rings (SSSR count). The van der Waals surface area contributed by atoms with E-state index in [-0.39, 0.29) is 30.5 Å². The first-order chi connectivity index (χ1) is 8.68. The third-order valence-electron chi connectivity index (χ3n) is 4.20. The highest BCUT2D eigenvalue weighted by Crippen LogP contribution is 2.30. The summed E-state index contributed by atoms with van der Waals surface area (Å²) in [7, 11) is 0. The lowest BCUT2D eigenvalue weighted by Crippen LogP contribution is -2.53. The van der Waals surface area contributed by atoms with Crippen LogP contribution in [0, 0.1) is 5.41 Å². The molecule has 0 aromatic carbocycles. The highest BCUT2D eigenvalue weighted by molar-refractivity contribution is 5.85. The average molecular weight is 293 g/mol. The largest absolute Gasteiger partial charge is 0.381 e. The van der Waals surface area contributed by atoms with Gasteiger partial charge in [-0.25, -0.2) is 0 Å². The molecule has 2 aliphatic rings. The second-order valence-electron chi connectivity index (χ2n) is 5.41. The lowest BCUT2D eigenvalue weighted by molar-refractivity contribution is -0.137. The van der Waals surface area contributed by atoms with Gasteiger partial charge in [-0.15, -0.1) is 12.4 Å². The molecule has 0 spiro atoms. The van der Waals surface area contributed by atoms with Crippen molar-refractivity contribution in [3.05, 3.63) is 0 Å². The Balaban J connectivity index is 0.00000180. The van der Waals surface area contributed by atoms with Crippen molar-refractivity contribution >= 4 is 18.3 Å². The van der Waals surface area contributed by atoms with Gasteiger partial charge in [0.05, 0.1) is 17.6 Å². The second-order valence-corrected chi connectivity index (χ2v) is 5.41. The lowest BCUT2D eigenvalue weighted by Gasteiger charge is -2.36. The molecule has 112 valence electrons. The first-order valence-electron chi connectivity index (χ1n) is 6.88. The molecule has 3 N–H and O–H groups in total. The maximum atomic E-state index is 12.4. The molecule has 0 aromatic heterocycles. The quantitative estimate of drug-likeness (QED) is 0.805. The van der Waals surface area contributed by atoms with Crippen molar-refractivity contribution in [1.29, 1.82) is 0 Å². The summed E-state index contributed by atoms with van der Waals surface area (Å²) in [4.78, 5) is 12.4. The van der Waals surface area contributed by atoms with Gasteiger partial charge in [-0.3, -0.25) is 4.79 Å². The Morgan fingerprint density at radius 2 is 2.11 bits per heavy atom. The Hall–Kier alpha value is -0.360. The number of ether oxygens (including phenoxy) is 2. The van der Waals surface area contributed by atoms with Crippen molar-refractivity contribution in [2.45, 2.75) is 44.8 Å². The van der Waals surface area contributed by atoms with Gasteiger partial charge in [-0.2, -0.15) is 0 Å². The predicted molar refractivity (Wildman–Crippen MR) is 75.4 cm³/mol. The van der Waals surface area contributed by atoms with Crippen LogP contribution in [0.25, 0.3) is 0 Å². The van der Waals surface area contributed by atoms with Gasteiger partial charge in [0.1, 0.15) is 0 Å². The van der Waals surface area contributed by atoms with Crippen LogP contribution in [0.2, 0.25) is 0 Å². The average Bonchev–Trinajstić information content (AvgIpc) is 2.93. The molecule has 0 aliphatic carbocycles. The van der Waals surface area contributed by atoms with Gasteiger partial charge < -0.3 is 20.5 Å².